The van der Waals surface area contributed by atoms with Crippen LogP contribution in [0.5, 0.6) is 0 Å². The third-order valence-electron chi connectivity index (χ3n) is 5.68. The van der Waals surface area contributed by atoms with E-state index in [4.69, 9.17) is 9.98 Å². The highest BCUT2D eigenvalue weighted by molar-refractivity contribution is 6.05. The van der Waals surface area contributed by atoms with Gasteiger partial charge >= 0.3 is 0 Å². The van der Waals surface area contributed by atoms with E-state index < -0.39 is 0 Å². The van der Waals surface area contributed by atoms with E-state index in [9.17, 15) is 0 Å². The Labute approximate surface area is 184 Å². The van der Waals surface area contributed by atoms with Crippen LogP contribution in [0.15, 0.2) is 70.8 Å². The van der Waals surface area contributed by atoms with Crippen LogP contribution in [0.1, 0.15) is 41.9 Å². The fourth-order valence-corrected chi connectivity index (χ4v) is 4.23. The Morgan fingerprint density at radius 1 is 0.806 bits per heavy atom. The lowest BCUT2D eigenvalue weighted by Gasteiger charge is -2.11. The normalized spacial score (nSPS) is 12.6. The molecule has 0 saturated carbocycles. The van der Waals surface area contributed by atoms with E-state index in [1.54, 1.807) is 0 Å². The first-order valence-electron chi connectivity index (χ1n) is 10.5. The molecular weight excluding hydrogens is 380 g/mol. The van der Waals surface area contributed by atoms with Gasteiger partial charge in [0.15, 0.2) is 0 Å². The summed E-state index contributed by atoms with van der Waals surface area (Å²) >= 11 is 0. The second-order valence-electron chi connectivity index (χ2n) is 8.16. The molecule has 4 aromatic rings. The average molecular weight is 409 g/mol. The van der Waals surface area contributed by atoms with Crippen LogP contribution >= 0.6 is 0 Å². The molecule has 0 unspecified atom stereocenters. The summed E-state index contributed by atoms with van der Waals surface area (Å²) in [5.74, 6) is 0. The molecule has 31 heavy (non-hydrogen) atoms. The largest absolute Gasteiger partial charge is 0.342 e. The number of hydrogen-bond acceptors (Lipinski definition) is 3. The smallest absolute Gasteiger partial charge is 0.0958 e. The van der Waals surface area contributed by atoms with Crippen molar-refractivity contribution in [1.29, 1.82) is 0 Å². The van der Waals surface area contributed by atoms with Gasteiger partial charge in [-0.15, -0.1) is 0 Å². The second-order valence-corrected chi connectivity index (χ2v) is 8.16. The highest BCUT2D eigenvalue weighted by atomic mass is 15.0. The molecule has 0 saturated heterocycles. The molecule has 2 aromatic carbocycles. The van der Waals surface area contributed by atoms with Crippen LogP contribution in [0.3, 0.4) is 0 Å². The number of aromatic nitrogens is 2. The topological polar surface area (TPSA) is 42.5 Å². The number of aliphatic imine (C=N–C) groups is 2. The quantitative estimate of drug-likeness (QED) is 0.343. The molecule has 0 spiro atoms. The second kappa shape index (κ2) is 8.31. The maximum absolute atomic E-state index is 4.97. The molecule has 0 N–H and O–H groups in total. The maximum Gasteiger partial charge on any atom is 0.0958 e. The van der Waals surface area contributed by atoms with Crippen LogP contribution in [0.2, 0.25) is 0 Å². The van der Waals surface area contributed by atoms with Gasteiger partial charge in [0.2, 0.25) is 0 Å². The predicted molar refractivity (Wildman–Crippen MR) is 132 cm³/mol. The van der Waals surface area contributed by atoms with Crippen molar-refractivity contribution < 1.29 is 0 Å². The molecule has 4 rings (SSSR count). The first-order valence-corrected chi connectivity index (χ1v) is 10.5. The van der Waals surface area contributed by atoms with Crippen LogP contribution in [0.25, 0.3) is 10.9 Å². The van der Waals surface area contributed by atoms with Gasteiger partial charge < -0.3 is 4.57 Å². The van der Waals surface area contributed by atoms with Gasteiger partial charge in [-0.2, -0.15) is 0 Å². The van der Waals surface area contributed by atoms with E-state index in [0.717, 1.165) is 45.1 Å². The van der Waals surface area contributed by atoms with Crippen LogP contribution in [-0.4, -0.2) is 21.0 Å². The van der Waals surface area contributed by atoms with Crippen LogP contribution in [-0.2, 0) is 7.05 Å². The lowest BCUT2D eigenvalue weighted by atomic mass is 10.1. The number of rotatable bonds is 4. The van der Waals surface area contributed by atoms with E-state index in [1.807, 2.05) is 31.3 Å². The Bertz CT molecular complexity index is 1310. The monoisotopic (exact) mass is 408 g/mol. The first kappa shape index (κ1) is 20.7. The van der Waals surface area contributed by atoms with Crippen LogP contribution in [0.4, 0.5) is 11.4 Å². The predicted octanol–water partition coefficient (Wildman–Crippen LogP) is 6.78. The molecule has 2 aromatic heterocycles. The molecule has 0 amide bonds. The van der Waals surface area contributed by atoms with Crippen LogP contribution in [0, 0.1) is 20.8 Å². The lowest BCUT2D eigenvalue weighted by molar-refractivity contribution is 0.900. The van der Waals surface area contributed by atoms with Crippen molar-refractivity contribution in [2.75, 3.05) is 0 Å². The number of benzene rings is 2. The minimum Gasteiger partial charge on any atom is -0.342 e. The van der Waals surface area contributed by atoms with Crippen LogP contribution < -0.4 is 0 Å². The maximum atomic E-state index is 4.97. The third kappa shape index (κ3) is 4.06. The van der Waals surface area contributed by atoms with Gasteiger partial charge in [-0.05, 0) is 70.0 Å². The molecule has 0 fully saturated rings. The third-order valence-corrected chi connectivity index (χ3v) is 5.68. The number of fused-ring (bicyclic) bond motifs is 1. The molecule has 0 radical (unpaired) electrons. The van der Waals surface area contributed by atoms with Crippen molar-refractivity contribution in [2.45, 2.75) is 34.6 Å². The highest BCUT2D eigenvalue weighted by Gasteiger charge is 2.12. The minimum absolute atomic E-state index is 0.884. The molecule has 4 heteroatoms. The highest BCUT2D eigenvalue weighted by Crippen LogP contribution is 2.27. The summed E-state index contributed by atoms with van der Waals surface area (Å²) in [4.78, 5) is 14.4. The number of para-hydroxylation sites is 1. The van der Waals surface area contributed by atoms with Gasteiger partial charge in [-0.1, -0.05) is 35.9 Å². The zero-order valence-electron chi connectivity index (χ0n) is 19.1. The summed E-state index contributed by atoms with van der Waals surface area (Å²) in [6, 6.07) is 18.7. The van der Waals surface area contributed by atoms with Gasteiger partial charge in [-0.3, -0.25) is 9.98 Å². The Hall–Kier alpha value is -3.53. The van der Waals surface area contributed by atoms with Gasteiger partial charge in [0.25, 0.3) is 0 Å². The summed E-state index contributed by atoms with van der Waals surface area (Å²) in [6.07, 6.45) is 1.81. The Morgan fingerprint density at radius 2 is 1.42 bits per heavy atom. The number of hydrogen-bond donors (Lipinski definition) is 0. The molecule has 4 nitrogen and oxygen atoms in total. The zero-order chi connectivity index (χ0) is 22.1. The molecular formula is C27H28N4. The summed E-state index contributed by atoms with van der Waals surface area (Å²) < 4.78 is 2.16. The fraction of sp³-hybridized carbons (Fsp3) is 0.222. The number of pyridine rings is 1. The van der Waals surface area contributed by atoms with Crippen molar-refractivity contribution in [3.63, 3.8) is 0 Å². The number of nitrogens with zero attached hydrogens (tertiary/aromatic N) is 4. The van der Waals surface area contributed by atoms with Gasteiger partial charge in [0.05, 0.1) is 39.7 Å². The SMILES string of the molecule is CC(=Nc1c(C)cc(C)cc1C)c1ccc(C(C)=Nc2cccc3cccnc23)n1C. The summed E-state index contributed by atoms with van der Waals surface area (Å²) in [5, 5.41) is 1.09. The van der Waals surface area contributed by atoms with E-state index in [2.05, 4.69) is 80.7 Å². The van der Waals surface area contributed by atoms with E-state index in [0.29, 0.717) is 0 Å². The van der Waals surface area contributed by atoms with E-state index >= 15 is 0 Å². The summed E-state index contributed by atoms with van der Waals surface area (Å²) in [6.45, 7) is 10.5. The number of aryl methyl sites for hydroxylation is 3. The van der Waals surface area contributed by atoms with Crippen molar-refractivity contribution in [3.8, 4) is 0 Å². The molecule has 0 bridgehead atoms. The summed E-state index contributed by atoms with van der Waals surface area (Å²) in [7, 11) is 2.07. The van der Waals surface area contributed by atoms with Crippen molar-refractivity contribution in [1.82, 2.24) is 9.55 Å². The van der Waals surface area contributed by atoms with Crippen molar-refractivity contribution in [3.05, 3.63) is 88.9 Å². The van der Waals surface area contributed by atoms with Crippen molar-refractivity contribution in [2.24, 2.45) is 17.0 Å². The van der Waals surface area contributed by atoms with Gasteiger partial charge in [-0.25, -0.2) is 4.99 Å². The molecule has 2 heterocycles. The molecule has 0 atom stereocenters. The van der Waals surface area contributed by atoms with Gasteiger partial charge in [0, 0.05) is 18.6 Å². The standard InChI is InChI=1S/C27H28N4/c1-17-15-18(2)26(19(3)16-17)30-21(5)25-13-12-24(31(25)6)20(4)29-23-11-7-9-22-10-8-14-28-27(22)23/h7-16H,1-6H3. The fourth-order valence-electron chi connectivity index (χ4n) is 4.23. The summed E-state index contributed by atoms with van der Waals surface area (Å²) in [5.41, 5.74) is 10.6. The Morgan fingerprint density at radius 3 is 2.10 bits per heavy atom. The minimum atomic E-state index is 0.884. The molecule has 156 valence electrons. The molecule has 0 aliphatic carbocycles. The first-order chi connectivity index (χ1) is 14.8. The van der Waals surface area contributed by atoms with E-state index in [1.165, 1.54) is 16.7 Å². The van der Waals surface area contributed by atoms with E-state index in [-0.39, 0.29) is 0 Å². The van der Waals surface area contributed by atoms with Gasteiger partial charge in [0.1, 0.15) is 0 Å². The molecule has 0 aliphatic rings. The van der Waals surface area contributed by atoms with Crippen molar-refractivity contribution >= 4 is 33.7 Å². The zero-order valence-corrected chi connectivity index (χ0v) is 19.1. The molecule has 0 aliphatic heterocycles. The Kier molecular flexibility index (Phi) is 5.55. The lowest BCUT2D eigenvalue weighted by Crippen LogP contribution is -2.09. The average Bonchev–Trinajstić information content (AvgIpc) is 3.12. The Balaban J connectivity index is 1.72.